The Hall–Kier alpha value is -2.91. The molecule has 0 amide bonds. The van der Waals surface area contributed by atoms with E-state index in [0.717, 1.165) is 22.3 Å². The van der Waals surface area contributed by atoms with Gasteiger partial charge in [-0.05, 0) is 55.3 Å². The van der Waals surface area contributed by atoms with Gasteiger partial charge in [0.15, 0.2) is 5.78 Å². The minimum Gasteiger partial charge on any atom is -0.299 e. The molecule has 4 aromatic rings. The third kappa shape index (κ3) is 3.64. The van der Waals surface area contributed by atoms with Crippen LogP contribution in [0.4, 0.5) is 0 Å². The number of carbonyl (C=O) groups is 1. The van der Waals surface area contributed by atoms with E-state index in [1.165, 1.54) is 5.56 Å². The predicted molar refractivity (Wildman–Crippen MR) is 110 cm³/mol. The lowest BCUT2D eigenvalue weighted by Gasteiger charge is -2.06. The lowest BCUT2D eigenvalue weighted by Crippen LogP contribution is -2.02. The van der Waals surface area contributed by atoms with Crippen molar-refractivity contribution < 1.29 is 4.79 Å². The number of fused-ring (bicyclic) bond motifs is 1. The quantitative estimate of drug-likeness (QED) is 0.413. The first kappa shape index (κ1) is 17.5. The number of benzene rings is 3. The molecule has 0 bridgehead atoms. The molecule has 0 aliphatic heterocycles. The van der Waals surface area contributed by atoms with Crippen molar-refractivity contribution in [2.75, 3.05) is 0 Å². The van der Waals surface area contributed by atoms with Crippen molar-refractivity contribution in [1.29, 1.82) is 0 Å². The Morgan fingerprint density at radius 2 is 1.81 bits per heavy atom. The molecular formula is C23H19ClN2O. The van der Waals surface area contributed by atoms with Gasteiger partial charge in [0.05, 0.1) is 11.0 Å². The number of imidazole rings is 1. The van der Waals surface area contributed by atoms with Crippen LogP contribution in [0.1, 0.15) is 27.9 Å². The highest BCUT2D eigenvalue weighted by atomic mass is 35.5. The molecule has 4 heteroatoms. The van der Waals surface area contributed by atoms with Crippen molar-refractivity contribution >= 4 is 28.4 Å². The zero-order valence-electron chi connectivity index (χ0n) is 15.0. The Morgan fingerprint density at radius 1 is 1.04 bits per heavy atom. The number of ketones is 1. The lowest BCUT2D eigenvalue weighted by atomic mass is 10.0. The van der Waals surface area contributed by atoms with E-state index in [9.17, 15) is 4.79 Å². The maximum absolute atomic E-state index is 12.6. The standard InChI is InChI=1S/C23H19ClN2O/c1-16-6-10-19(11-7-16)26-15-25-21-14-18(8-12-22(21)26)23(27)13-9-17-4-2-3-5-20(17)24/h2-8,10-12,14-15H,9,13H2,1H3. The van der Waals surface area contributed by atoms with Crippen molar-refractivity contribution in [1.82, 2.24) is 9.55 Å². The SMILES string of the molecule is Cc1ccc(-n2cnc3cc(C(=O)CCc4ccccc4Cl)ccc32)cc1. The van der Waals surface area contributed by atoms with Gasteiger partial charge in [-0.2, -0.15) is 0 Å². The summed E-state index contributed by atoms with van der Waals surface area (Å²) in [5.41, 5.74) is 5.76. The fourth-order valence-corrected chi connectivity index (χ4v) is 3.42. The summed E-state index contributed by atoms with van der Waals surface area (Å²) >= 11 is 6.18. The Morgan fingerprint density at radius 3 is 2.59 bits per heavy atom. The van der Waals surface area contributed by atoms with Gasteiger partial charge in [0, 0.05) is 22.7 Å². The van der Waals surface area contributed by atoms with Crippen molar-refractivity contribution in [3.05, 3.63) is 94.8 Å². The number of rotatable bonds is 5. The van der Waals surface area contributed by atoms with Crippen LogP contribution in [-0.2, 0) is 6.42 Å². The number of carbonyl (C=O) groups excluding carboxylic acids is 1. The second-order valence-electron chi connectivity index (χ2n) is 6.67. The maximum Gasteiger partial charge on any atom is 0.163 e. The first-order valence-corrected chi connectivity index (χ1v) is 9.30. The minimum absolute atomic E-state index is 0.0988. The number of hydrogen-bond donors (Lipinski definition) is 0. The monoisotopic (exact) mass is 374 g/mol. The van der Waals surface area contributed by atoms with Crippen LogP contribution < -0.4 is 0 Å². The summed E-state index contributed by atoms with van der Waals surface area (Å²) in [5, 5.41) is 0.706. The Labute approximate surface area is 163 Å². The summed E-state index contributed by atoms with van der Waals surface area (Å²) < 4.78 is 2.03. The summed E-state index contributed by atoms with van der Waals surface area (Å²) in [6, 6.07) is 21.7. The average molecular weight is 375 g/mol. The predicted octanol–water partition coefficient (Wildman–Crippen LogP) is 5.80. The van der Waals surface area contributed by atoms with E-state index in [-0.39, 0.29) is 5.78 Å². The highest BCUT2D eigenvalue weighted by Gasteiger charge is 2.11. The number of aromatic nitrogens is 2. The van der Waals surface area contributed by atoms with Gasteiger partial charge in [-0.1, -0.05) is 47.5 Å². The molecule has 0 unspecified atom stereocenters. The van der Waals surface area contributed by atoms with E-state index in [1.807, 2.05) is 47.0 Å². The van der Waals surface area contributed by atoms with Crippen LogP contribution >= 0.6 is 11.6 Å². The molecule has 0 aliphatic carbocycles. The Bertz CT molecular complexity index is 1110. The number of hydrogen-bond acceptors (Lipinski definition) is 2. The van der Waals surface area contributed by atoms with Crippen molar-refractivity contribution in [2.24, 2.45) is 0 Å². The van der Waals surface area contributed by atoms with Gasteiger partial charge in [0.2, 0.25) is 0 Å². The second-order valence-corrected chi connectivity index (χ2v) is 7.08. The molecule has 0 radical (unpaired) electrons. The minimum atomic E-state index is 0.0988. The lowest BCUT2D eigenvalue weighted by molar-refractivity contribution is 0.0983. The maximum atomic E-state index is 12.6. The molecule has 0 N–H and O–H groups in total. The van der Waals surface area contributed by atoms with Gasteiger partial charge in [-0.15, -0.1) is 0 Å². The van der Waals surface area contributed by atoms with Crippen LogP contribution in [0, 0.1) is 6.92 Å². The summed E-state index contributed by atoms with van der Waals surface area (Å²) in [6.07, 6.45) is 2.86. The first-order valence-electron chi connectivity index (χ1n) is 8.92. The number of nitrogens with zero attached hydrogens (tertiary/aromatic N) is 2. The van der Waals surface area contributed by atoms with Gasteiger partial charge < -0.3 is 0 Å². The van der Waals surface area contributed by atoms with Crippen molar-refractivity contribution in [3.63, 3.8) is 0 Å². The molecule has 3 nitrogen and oxygen atoms in total. The van der Waals surface area contributed by atoms with Crippen LogP contribution in [0.15, 0.2) is 73.1 Å². The highest BCUT2D eigenvalue weighted by molar-refractivity contribution is 6.31. The van der Waals surface area contributed by atoms with Crippen LogP contribution in [0.3, 0.4) is 0 Å². The third-order valence-corrected chi connectivity index (χ3v) is 5.13. The van der Waals surface area contributed by atoms with Gasteiger partial charge in [-0.3, -0.25) is 9.36 Å². The van der Waals surface area contributed by atoms with Crippen LogP contribution in [0.25, 0.3) is 16.7 Å². The fourth-order valence-electron chi connectivity index (χ4n) is 3.19. The zero-order valence-corrected chi connectivity index (χ0v) is 15.8. The molecule has 134 valence electrons. The van der Waals surface area contributed by atoms with Gasteiger partial charge in [-0.25, -0.2) is 4.98 Å². The van der Waals surface area contributed by atoms with E-state index in [0.29, 0.717) is 23.4 Å². The smallest absolute Gasteiger partial charge is 0.163 e. The summed E-state index contributed by atoms with van der Waals surface area (Å²) in [6.45, 7) is 2.07. The zero-order chi connectivity index (χ0) is 18.8. The van der Waals surface area contributed by atoms with Crippen LogP contribution in [0.2, 0.25) is 5.02 Å². The highest BCUT2D eigenvalue weighted by Crippen LogP contribution is 2.22. The third-order valence-electron chi connectivity index (χ3n) is 4.76. The summed E-state index contributed by atoms with van der Waals surface area (Å²) in [5.74, 6) is 0.0988. The van der Waals surface area contributed by atoms with Crippen molar-refractivity contribution in [3.8, 4) is 5.69 Å². The fraction of sp³-hybridized carbons (Fsp3) is 0.130. The van der Waals surface area contributed by atoms with E-state index in [4.69, 9.17) is 11.6 Å². The second kappa shape index (κ2) is 7.37. The molecule has 0 saturated carbocycles. The molecular weight excluding hydrogens is 356 g/mol. The molecule has 4 rings (SSSR count). The number of halogens is 1. The molecule has 0 fully saturated rings. The van der Waals surface area contributed by atoms with Gasteiger partial charge in [0.1, 0.15) is 6.33 Å². The molecule has 1 heterocycles. The molecule has 0 atom stereocenters. The molecule has 0 spiro atoms. The molecule has 0 saturated heterocycles. The topological polar surface area (TPSA) is 34.9 Å². The van der Waals surface area contributed by atoms with Crippen molar-refractivity contribution in [2.45, 2.75) is 19.8 Å². The molecule has 3 aromatic carbocycles. The first-order chi connectivity index (χ1) is 13.1. The van der Waals surface area contributed by atoms with Gasteiger partial charge in [0.25, 0.3) is 0 Å². The normalized spacial score (nSPS) is 11.0. The Balaban J connectivity index is 1.56. The van der Waals surface area contributed by atoms with Gasteiger partial charge >= 0.3 is 0 Å². The molecule has 27 heavy (non-hydrogen) atoms. The van der Waals surface area contributed by atoms with Crippen LogP contribution in [0.5, 0.6) is 0 Å². The largest absolute Gasteiger partial charge is 0.299 e. The Kier molecular flexibility index (Phi) is 4.78. The van der Waals surface area contributed by atoms with E-state index >= 15 is 0 Å². The molecule has 1 aromatic heterocycles. The van der Waals surface area contributed by atoms with E-state index < -0.39 is 0 Å². The summed E-state index contributed by atoms with van der Waals surface area (Å²) in [7, 11) is 0. The number of Topliss-reactive ketones (excluding diaryl/α,β-unsaturated/α-hetero) is 1. The number of aryl methyl sites for hydroxylation is 2. The van der Waals surface area contributed by atoms with E-state index in [2.05, 4.69) is 36.2 Å². The van der Waals surface area contributed by atoms with E-state index in [1.54, 1.807) is 6.33 Å². The van der Waals surface area contributed by atoms with Crippen LogP contribution in [-0.4, -0.2) is 15.3 Å². The average Bonchev–Trinajstić information content (AvgIpc) is 3.11. The molecule has 0 aliphatic rings. The summed E-state index contributed by atoms with van der Waals surface area (Å²) in [4.78, 5) is 17.1.